The Hall–Kier alpha value is -3.61. The van der Waals surface area contributed by atoms with E-state index in [1.54, 1.807) is 11.7 Å². The van der Waals surface area contributed by atoms with Crippen LogP contribution in [0, 0.1) is 6.92 Å². The van der Waals surface area contributed by atoms with Gasteiger partial charge in [-0.2, -0.15) is 5.10 Å². The molecule has 2 aromatic heterocycles. The zero-order valence-corrected chi connectivity index (χ0v) is 16.7. The van der Waals surface area contributed by atoms with Gasteiger partial charge in [0.25, 0.3) is 5.56 Å². The van der Waals surface area contributed by atoms with Gasteiger partial charge in [-0.1, -0.05) is 30.3 Å². The maximum Gasteiger partial charge on any atom is 0.277 e. The van der Waals surface area contributed by atoms with Crippen LogP contribution >= 0.6 is 0 Å². The highest BCUT2D eigenvalue weighted by Gasteiger charge is 2.16. The minimum Gasteiger partial charge on any atom is -0.493 e. The van der Waals surface area contributed by atoms with Crippen molar-refractivity contribution in [3.8, 4) is 17.1 Å². The van der Waals surface area contributed by atoms with Gasteiger partial charge in [-0.25, -0.2) is 4.98 Å². The Morgan fingerprint density at radius 1 is 1.17 bits per heavy atom. The van der Waals surface area contributed by atoms with Crippen molar-refractivity contribution in [2.24, 2.45) is 7.05 Å². The number of hydrogen-bond donors (Lipinski definition) is 2. The molecule has 0 saturated carbocycles. The molecule has 4 aromatic rings. The number of hydrogen-bond acceptors (Lipinski definition) is 5. The Morgan fingerprint density at radius 3 is 2.72 bits per heavy atom. The van der Waals surface area contributed by atoms with Crippen LogP contribution in [0.1, 0.15) is 18.2 Å². The molecule has 0 amide bonds. The Morgan fingerprint density at radius 2 is 1.97 bits per heavy atom. The van der Waals surface area contributed by atoms with Crippen LogP contribution in [0.2, 0.25) is 0 Å². The fourth-order valence-electron chi connectivity index (χ4n) is 3.38. The molecule has 7 heteroatoms. The molecule has 0 aliphatic heterocycles. The smallest absolute Gasteiger partial charge is 0.277 e. The first-order valence-corrected chi connectivity index (χ1v) is 9.55. The van der Waals surface area contributed by atoms with Gasteiger partial charge in [-0.05, 0) is 37.6 Å². The Bertz CT molecular complexity index is 1210. The van der Waals surface area contributed by atoms with Crippen molar-refractivity contribution in [2.75, 3.05) is 11.9 Å². The van der Waals surface area contributed by atoms with Crippen LogP contribution in [-0.4, -0.2) is 26.4 Å². The molecule has 7 nitrogen and oxygen atoms in total. The van der Waals surface area contributed by atoms with Crippen LogP contribution in [0.4, 0.5) is 5.69 Å². The molecule has 0 spiro atoms. The normalized spacial score (nSPS) is 11.0. The summed E-state index contributed by atoms with van der Waals surface area (Å²) in [5, 5.41) is 7.73. The number of fused-ring (bicyclic) bond motifs is 1. The van der Waals surface area contributed by atoms with Crippen molar-refractivity contribution in [3.63, 3.8) is 0 Å². The zero-order chi connectivity index (χ0) is 20.4. The van der Waals surface area contributed by atoms with E-state index in [0.29, 0.717) is 41.5 Å². The summed E-state index contributed by atoms with van der Waals surface area (Å²) >= 11 is 0. The fourth-order valence-corrected chi connectivity index (χ4v) is 3.38. The second kappa shape index (κ2) is 7.79. The average Bonchev–Trinajstić information content (AvgIpc) is 3.02. The molecule has 0 unspecified atom stereocenters. The molecule has 2 heterocycles. The molecule has 2 aromatic carbocycles. The van der Waals surface area contributed by atoms with E-state index in [2.05, 4.69) is 32.5 Å². The minimum atomic E-state index is -0.224. The standard InChI is InChI=1S/C22H23N5O2/c1-4-29-18-11-10-16(23-13-15-8-6-5-7-9-15)12-17(18)21-24-19-14(2)26-27(3)20(19)22(28)25-21/h5-12,23H,4,13H2,1-3H3,(H,24,25,28). The highest BCUT2D eigenvalue weighted by Crippen LogP contribution is 2.31. The monoisotopic (exact) mass is 389 g/mol. The van der Waals surface area contributed by atoms with Crippen molar-refractivity contribution in [2.45, 2.75) is 20.4 Å². The molecule has 2 N–H and O–H groups in total. The van der Waals surface area contributed by atoms with Gasteiger partial charge >= 0.3 is 0 Å². The predicted octanol–water partition coefficient (Wildman–Crippen LogP) is 3.64. The average molecular weight is 389 g/mol. The summed E-state index contributed by atoms with van der Waals surface area (Å²) in [5.74, 6) is 1.13. The van der Waals surface area contributed by atoms with Crippen molar-refractivity contribution < 1.29 is 4.74 Å². The van der Waals surface area contributed by atoms with E-state index >= 15 is 0 Å². The van der Waals surface area contributed by atoms with Crippen molar-refractivity contribution >= 4 is 16.7 Å². The maximum absolute atomic E-state index is 12.7. The Kier molecular flexibility index (Phi) is 5.03. The Balaban J connectivity index is 1.76. The first-order valence-electron chi connectivity index (χ1n) is 9.55. The summed E-state index contributed by atoms with van der Waals surface area (Å²) in [6.45, 7) is 4.98. The summed E-state index contributed by atoms with van der Waals surface area (Å²) in [6, 6.07) is 16.0. The van der Waals surface area contributed by atoms with Crippen LogP contribution in [0.25, 0.3) is 22.4 Å². The second-order valence-electron chi connectivity index (χ2n) is 6.80. The summed E-state index contributed by atoms with van der Waals surface area (Å²) in [6.07, 6.45) is 0. The number of aryl methyl sites for hydroxylation is 2. The number of aromatic nitrogens is 4. The minimum absolute atomic E-state index is 0.224. The van der Waals surface area contributed by atoms with Crippen molar-refractivity contribution in [1.29, 1.82) is 0 Å². The number of nitrogens with zero attached hydrogens (tertiary/aromatic N) is 3. The van der Waals surface area contributed by atoms with Gasteiger partial charge in [0.05, 0.1) is 17.9 Å². The molecule has 0 aliphatic rings. The molecule has 0 saturated heterocycles. The number of rotatable bonds is 6. The third-order valence-corrected chi connectivity index (χ3v) is 4.74. The van der Waals surface area contributed by atoms with Gasteiger partial charge in [0, 0.05) is 19.3 Å². The molecule has 0 radical (unpaired) electrons. The predicted molar refractivity (Wildman–Crippen MR) is 114 cm³/mol. The van der Waals surface area contributed by atoms with E-state index in [4.69, 9.17) is 4.74 Å². The van der Waals surface area contributed by atoms with Crippen LogP contribution in [0.3, 0.4) is 0 Å². The third kappa shape index (κ3) is 3.71. The number of aromatic amines is 1. The summed E-state index contributed by atoms with van der Waals surface area (Å²) in [4.78, 5) is 20.2. The lowest BCUT2D eigenvalue weighted by atomic mass is 10.1. The van der Waals surface area contributed by atoms with Crippen molar-refractivity contribution in [1.82, 2.24) is 19.7 Å². The highest BCUT2D eigenvalue weighted by atomic mass is 16.5. The van der Waals surface area contributed by atoms with E-state index in [-0.39, 0.29) is 5.56 Å². The third-order valence-electron chi connectivity index (χ3n) is 4.74. The van der Waals surface area contributed by atoms with Gasteiger partial charge in [0.2, 0.25) is 0 Å². The lowest BCUT2D eigenvalue weighted by Crippen LogP contribution is -2.13. The van der Waals surface area contributed by atoms with E-state index in [1.165, 1.54) is 5.56 Å². The lowest BCUT2D eigenvalue weighted by molar-refractivity contribution is 0.341. The molecule has 29 heavy (non-hydrogen) atoms. The molecule has 4 rings (SSSR count). The first kappa shape index (κ1) is 18.7. The quantitative estimate of drug-likeness (QED) is 0.526. The second-order valence-corrected chi connectivity index (χ2v) is 6.80. The SMILES string of the molecule is CCOc1ccc(NCc2ccccc2)cc1-c1nc2c(C)nn(C)c2c(=O)[nH]1. The Labute approximate surface area is 168 Å². The summed E-state index contributed by atoms with van der Waals surface area (Å²) < 4.78 is 7.34. The van der Waals surface area contributed by atoms with Crippen LogP contribution in [0.15, 0.2) is 53.3 Å². The molecular weight excluding hydrogens is 366 g/mol. The van der Waals surface area contributed by atoms with Crippen molar-refractivity contribution in [3.05, 3.63) is 70.1 Å². The summed E-state index contributed by atoms with van der Waals surface area (Å²) in [5.41, 5.74) is 4.37. The maximum atomic E-state index is 12.7. The molecular formula is C22H23N5O2. The number of nitrogens with one attached hydrogen (secondary N) is 2. The number of ether oxygens (including phenoxy) is 1. The topological polar surface area (TPSA) is 84.8 Å². The van der Waals surface area contributed by atoms with E-state index < -0.39 is 0 Å². The van der Waals surface area contributed by atoms with Gasteiger partial charge in [0.15, 0.2) is 5.52 Å². The van der Waals surface area contributed by atoms with Crippen LogP contribution < -0.4 is 15.6 Å². The zero-order valence-electron chi connectivity index (χ0n) is 16.7. The lowest BCUT2D eigenvalue weighted by Gasteiger charge is -2.13. The molecule has 0 atom stereocenters. The summed E-state index contributed by atoms with van der Waals surface area (Å²) in [7, 11) is 1.74. The largest absolute Gasteiger partial charge is 0.493 e. The van der Waals surface area contributed by atoms with Gasteiger partial charge in [0.1, 0.15) is 17.1 Å². The van der Waals surface area contributed by atoms with E-state index in [9.17, 15) is 4.79 Å². The number of benzene rings is 2. The van der Waals surface area contributed by atoms with Gasteiger partial charge < -0.3 is 15.0 Å². The highest BCUT2D eigenvalue weighted by molar-refractivity contribution is 5.80. The van der Waals surface area contributed by atoms with E-state index in [1.807, 2.05) is 50.2 Å². The van der Waals surface area contributed by atoms with Gasteiger partial charge in [-0.3, -0.25) is 9.48 Å². The molecule has 148 valence electrons. The van der Waals surface area contributed by atoms with E-state index in [0.717, 1.165) is 11.3 Å². The van der Waals surface area contributed by atoms with Crippen LogP contribution in [0.5, 0.6) is 5.75 Å². The molecule has 0 bridgehead atoms. The van der Waals surface area contributed by atoms with Crippen LogP contribution in [-0.2, 0) is 13.6 Å². The number of anilines is 1. The molecule has 0 fully saturated rings. The fraction of sp³-hybridized carbons (Fsp3) is 0.227. The number of H-pyrrole nitrogens is 1. The first-order chi connectivity index (χ1) is 14.1. The van der Waals surface area contributed by atoms with Gasteiger partial charge in [-0.15, -0.1) is 0 Å². The molecule has 0 aliphatic carbocycles.